The Morgan fingerprint density at radius 3 is 1.00 bits per heavy atom. The first-order valence-corrected chi connectivity index (χ1v) is 33.9. The van der Waals surface area contributed by atoms with Crippen molar-refractivity contribution in [3.05, 3.63) is 289 Å². The second-order valence-electron chi connectivity index (χ2n) is 26.7. The fourth-order valence-corrected chi connectivity index (χ4v) is 14.4. The van der Waals surface area contributed by atoms with Crippen LogP contribution in [0.5, 0.6) is 0 Å². The van der Waals surface area contributed by atoms with Crippen molar-refractivity contribution in [2.75, 3.05) is 0 Å². The highest BCUT2D eigenvalue weighted by Crippen LogP contribution is 2.59. The van der Waals surface area contributed by atoms with Crippen LogP contribution in [0.4, 0.5) is 0 Å². The summed E-state index contributed by atoms with van der Waals surface area (Å²) < 4.78 is 0. The van der Waals surface area contributed by atoms with Gasteiger partial charge in [-0.05, 0) is 191 Å². The van der Waals surface area contributed by atoms with E-state index in [1.165, 1.54) is 92.4 Å². The molecule has 0 bridgehead atoms. The Balaban J connectivity index is 0.764. The molecule has 0 heterocycles. The van der Waals surface area contributed by atoms with E-state index in [2.05, 4.69) is 310 Å². The zero-order valence-corrected chi connectivity index (χ0v) is 55.3. The zero-order chi connectivity index (χ0) is 63.5. The summed E-state index contributed by atoms with van der Waals surface area (Å²) in [6.07, 6.45) is 35.0. The number of benzene rings is 9. The summed E-state index contributed by atoms with van der Waals surface area (Å²) >= 11 is 0. The van der Waals surface area contributed by atoms with E-state index in [4.69, 9.17) is 0 Å². The first kappa shape index (κ1) is 63.5. The molecule has 0 aliphatic heterocycles. The molecular weight excluding hydrogens is 1090 g/mol. The Labute approximate surface area is 545 Å². The monoisotopic (exact) mass is 1190 g/mol. The Kier molecular flexibility index (Phi) is 20.1. The molecule has 0 N–H and O–H groups in total. The van der Waals surface area contributed by atoms with Gasteiger partial charge in [-0.1, -0.05) is 330 Å². The number of fused-ring (bicyclic) bond motifs is 6. The minimum absolute atomic E-state index is 0.00663. The van der Waals surface area contributed by atoms with Crippen molar-refractivity contribution in [2.45, 2.75) is 125 Å². The Morgan fingerprint density at radius 1 is 0.319 bits per heavy atom. The molecule has 91 heavy (non-hydrogen) atoms. The van der Waals surface area contributed by atoms with Gasteiger partial charge in [-0.25, -0.2) is 0 Å². The second kappa shape index (κ2) is 28.8. The van der Waals surface area contributed by atoms with Crippen LogP contribution < -0.4 is 0 Å². The van der Waals surface area contributed by atoms with Crippen LogP contribution in [0.3, 0.4) is 0 Å². The molecule has 1 heteroatoms. The number of nitrogens with zero attached hydrogens (tertiary/aromatic N) is 1. The van der Waals surface area contributed by atoms with Gasteiger partial charge in [-0.3, -0.25) is 0 Å². The smallest absolute Gasteiger partial charge is 0.0998 e. The topological polar surface area (TPSA) is 23.8 Å². The Bertz CT molecular complexity index is 4200. The lowest BCUT2D eigenvalue weighted by Crippen LogP contribution is -2.30. The van der Waals surface area contributed by atoms with E-state index in [-0.39, 0.29) is 10.8 Å². The van der Waals surface area contributed by atoms with Gasteiger partial charge in [-0.15, -0.1) is 0 Å². The summed E-state index contributed by atoms with van der Waals surface area (Å²) in [4.78, 5) is 0. The average molecular weight is 1190 g/mol. The van der Waals surface area contributed by atoms with Crippen LogP contribution in [0.1, 0.15) is 203 Å². The summed E-state index contributed by atoms with van der Waals surface area (Å²) in [5.74, 6) is 2.41. The maximum Gasteiger partial charge on any atom is 0.0998 e. The molecule has 1 nitrogen and oxygen atoms in total. The largest absolute Gasteiger partial charge is 0.192 e. The van der Waals surface area contributed by atoms with Crippen LogP contribution >= 0.6 is 0 Å². The molecule has 2 aliphatic carbocycles. The molecule has 0 spiro atoms. The van der Waals surface area contributed by atoms with Crippen LogP contribution in [0.25, 0.3) is 100 Å². The van der Waals surface area contributed by atoms with Gasteiger partial charge in [0.1, 0.15) is 0 Å². The van der Waals surface area contributed by atoms with Gasteiger partial charge in [-0.2, -0.15) is 5.26 Å². The van der Waals surface area contributed by atoms with Crippen molar-refractivity contribution in [2.24, 2.45) is 23.7 Å². The summed E-state index contributed by atoms with van der Waals surface area (Å²) in [5.41, 5.74) is 27.4. The van der Waals surface area contributed by atoms with E-state index < -0.39 is 0 Å². The summed E-state index contributed by atoms with van der Waals surface area (Å²) in [5, 5.41) is 10.1. The van der Waals surface area contributed by atoms with E-state index >= 15 is 0 Å². The molecule has 4 unspecified atom stereocenters. The minimum Gasteiger partial charge on any atom is -0.192 e. The molecule has 4 atom stereocenters. The highest BCUT2D eigenvalue weighted by atomic mass is 14.5. The first-order valence-electron chi connectivity index (χ1n) is 33.9. The summed E-state index contributed by atoms with van der Waals surface area (Å²) in [6, 6.07) is 74.7. The summed E-state index contributed by atoms with van der Waals surface area (Å²) in [7, 11) is 0. The third-order valence-electron chi connectivity index (χ3n) is 20.2. The molecule has 0 aromatic heterocycles. The number of nitriles is 1. The second-order valence-corrected chi connectivity index (χ2v) is 26.7. The lowest BCUT2D eigenvalue weighted by atomic mass is 9.66. The fourth-order valence-electron chi connectivity index (χ4n) is 14.4. The molecule has 0 amide bonds. The normalized spacial score (nSPS) is 17.3. The molecule has 0 radical (unpaired) electrons. The maximum absolute atomic E-state index is 10.1. The van der Waals surface area contributed by atoms with Gasteiger partial charge >= 0.3 is 0 Å². The Hall–Kier alpha value is -9.09. The molecular formula is C90H91N. The van der Waals surface area contributed by atoms with Crippen LogP contribution in [0, 0.1) is 35.0 Å². The lowest BCUT2D eigenvalue weighted by Gasteiger charge is -2.37. The average Bonchev–Trinajstić information content (AvgIpc) is 1.57. The fraction of sp³-hybridized carbons (Fsp3) is 0.256. The zero-order valence-electron chi connectivity index (χ0n) is 55.3. The van der Waals surface area contributed by atoms with Crippen LogP contribution in [-0.4, -0.2) is 0 Å². The standard InChI is InChI=1S/C90H91N/c1-10-17-67-20-22-68(23-21-67)24-25-71-36-38-74(39-37-71)44-47-77-48-45-75(54-80(77)62-91)42-40-72-32-28-69(29-33-72)26-27-70-30-34-73(35-31-70)41-43-76-46-51-82-84-53-50-79(57-88(84)90(86(82)55-76,60-65(8)13-4)61-66(9)14-5)78-49-52-83-81-18-15-16-19-85(81)89(87(83)56-78,58-63(6)11-2)59-64(7)12-3/h10,15-57,63-66H,11-14,58-61H2,1-9H3. The van der Waals surface area contributed by atoms with E-state index in [0.29, 0.717) is 29.2 Å². The third kappa shape index (κ3) is 14.3. The molecule has 9 aromatic carbocycles. The molecule has 0 fully saturated rings. The van der Waals surface area contributed by atoms with Gasteiger partial charge in [0, 0.05) is 10.8 Å². The van der Waals surface area contributed by atoms with E-state index in [1.54, 1.807) is 11.1 Å². The van der Waals surface area contributed by atoms with Gasteiger partial charge in [0.15, 0.2) is 0 Å². The van der Waals surface area contributed by atoms with Crippen molar-refractivity contribution >= 4 is 66.8 Å². The quantitative estimate of drug-likeness (QED) is 0.0553. The van der Waals surface area contributed by atoms with Gasteiger partial charge in [0.25, 0.3) is 0 Å². The van der Waals surface area contributed by atoms with Gasteiger partial charge < -0.3 is 0 Å². The van der Waals surface area contributed by atoms with Gasteiger partial charge in [0.05, 0.1) is 11.6 Å². The third-order valence-corrected chi connectivity index (χ3v) is 20.2. The maximum atomic E-state index is 10.1. The molecule has 456 valence electrons. The number of rotatable bonds is 24. The summed E-state index contributed by atoms with van der Waals surface area (Å²) in [6.45, 7) is 21.4. The lowest BCUT2D eigenvalue weighted by molar-refractivity contribution is 0.308. The van der Waals surface area contributed by atoms with E-state index in [0.717, 1.165) is 64.6 Å². The van der Waals surface area contributed by atoms with E-state index in [1.807, 2.05) is 25.1 Å². The van der Waals surface area contributed by atoms with Crippen LogP contribution in [-0.2, 0) is 10.8 Å². The Morgan fingerprint density at radius 2 is 0.615 bits per heavy atom. The highest BCUT2D eigenvalue weighted by Gasteiger charge is 2.46. The first-order chi connectivity index (χ1) is 44.3. The molecule has 0 saturated heterocycles. The number of allylic oxidation sites excluding steroid dienone is 1. The van der Waals surface area contributed by atoms with Gasteiger partial charge in [0.2, 0.25) is 0 Å². The van der Waals surface area contributed by atoms with Crippen molar-refractivity contribution < 1.29 is 0 Å². The number of hydrogen-bond acceptors (Lipinski definition) is 1. The van der Waals surface area contributed by atoms with Crippen molar-refractivity contribution in [3.8, 4) is 39.4 Å². The minimum atomic E-state index is -0.0885. The highest BCUT2D eigenvalue weighted by molar-refractivity contribution is 5.88. The van der Waals surface area contributed by atoms with Crippen LogP contribution in [0.15, 0.2) is 200 Å². The van der Waals surface area contributed by atoms with Crippen molar-refractivity contribution in [1.82, 2.24) is 0 Å². The molecule has 0 saturated carbocycles. The SMILES string of the molecule is CC=Cc1ccc(C=Cc2ccc(C=Cc3ccc(C=Cc4ccc(C=Cc5ccc(C=Cc6ccc7c(c6)C(CC(C)CC)(CC(C)CC)c6cc(-c8ccc9c(c8)C(CC(C)CC)(CC(C)CC)c8ccccc8-9)ccc6-7)cc5)cc4)cc3C#N)cc2)cc1. The van der Waals surface area contributed by atoms with E-state index in [9.17, 15) is 5.26 Å². The predicted molar refractivity (Wildman–Crippen MR) is 397 cm³/mol. The predicted octanol–water partition coefficient (Wildman–Crippen LogP) is 25.4. The molecule has 11 rings (SSSR count). The van der Waals surface area contributed by atoms with Crippen LogP contribution in [0.2, 0.25) is 0 Å². The molecule has 2 aliphatic rings. The van der Waals surface area contributed by atoms with Crippen molar-refractivity contribution in [1.29, 1.82) is 5.26 Å². The number of hydrogen-bond donors (Lipinski definition) is 0. The van der Waals surface area contributed by atoms with Crippen molar-refractivity contribution in [3.63, 3.8) is 0 Å². The molecule has 9 aromatic rings.